The maximum Gasteiger partial charge on any atom is 0.389 e. The average Bonchev–Trinajstić information content (AvgIpc) is 3.21. The smallest absolute Gasteiger partial charge is 0.389 e. The lowest BCUT2D eigenvalue weighted by Crippen LogP contribution is -2.12. The van der Waals surface area contributed by atoms with Crippen molar-refractivity contribution < 1.29 is 31.5 Å². The Labute approximate surface area is 198 Å². The average molecular weight is 491 g/mol. The van der Waals surface area contributed by atoms with E-state index in [-0.39, 0.29) is 12.0 Å². The lowest BCUT2D eigenvalue weighted by Gasteiger charge is -2.08. The first-order valence-electron chi connectivity index (χ1n) is 10.6. The van der Waals surface area contributed by atoms with Crippen LogP contribution in [0.15, 0.2) is 67.0 Å². The van der Waals surface area contributed by atoms with Crippen LogP contribution in [0.5, 0.6) is 5.75 Å². The molecule has 0 bridgehead atoms. The molecule has 0 radical (unpaired) electrons. The Balaban J connectivity index is 0.000000429. The largest absolute Gasteiger partial charge is 0.497 e. The molecule has 1 heterocycles. The van der Waals surface area contributed by atoms with Crippen molar-refractivity contribution in [1.82, 2.24) is 9.55 Å². The van der Waals surface area contributed by atoms with Crippen LogP contribution in [-0.2, 0) is 0 Å². The minimum Gasteiger partial charge on any atom is -0.497 e. The predicted octanol–water partition coefficient (Wildman–Crippen LogP) is 6.91. The first-order valence-corrected chi connectivity index (χ1v) is 10.6. The van der Waals surface area contributed by atoms with Crippen LogP contribution in [0, 0.1) is 11.6 Å². The highest BCUT2D eigenvalue weighted by Crippen LogP contribution is 2.24. The molecule has 4 aromatic rings. The Morgan fingerprint density at radius 3 is 2.20 bits per heavy atom. The van der Waals surface area contributed by atoms with Gasteiger partial charge in [0.05, 0.1) is 18.1 Å². The summed E-state index contributed by atoms with van der Waals surface area (Å²) in [6.07, 6.45) is -2.72. The van der Waals surface area contributed by atoms with Crippen LogP contribution >= 0.6 is 0 Å². The number of imidazole rings is 1. The fraction of sp³-hybridized carbons (Fsp3) is 0.200. The monoisotopic (exact) mass is 491 g/mol. The van der Waals surface area contributed by atoms with Gasteiger partial charge in [-0.1, -0.05) is 6.92 Å². The number of halogens is 5. The zero-order chi connectivity index (χ0) is 25.6. The number of alkyl halides is 3. The number of nitrogens with zero attached hydrogens (tertiary/aromatic N) is 2. The molecule has 0 saturated carbocycles. The molecule has 4 rings (SSSR count). The Morgan fingerprint density at radius 1 is 1.00 bits per heavy atom. The summed E-state index contributed by atoms with van der Waals surface area (Å²) < 4.78 is 66.8. The molecule has 5 nitrogen and oxygen atoms in total. The minimum atomic E-state index is -3.95. The van der Waals surface area contributed by atoms with Crippen molar-refractivity contribution in [1.29, 1.82) is 0 Å². The molecule has 184 valence electrons. The molecule has 1 amide bonds. The molecule has 1 aromatic heterocycles. The maximum absolute atomic E-state index is 13.3. The van der Waals surface area contributed by atoms with Crippen LogP contribution in [0.2, 0.25) is 0 Å². The van der Waals surface area contributed by atoms with Crippen molar-refractivity contribution in [3.05, 3.63) is 84.2 Å². The fourth-order valence-corrected chi connectivity index (χ4v) is 3.20. The number of carbonyl (C=O) groups is 1. The number of anilines is 1. The number of amides is 1. The molecule has 0 aliphatic rings. The molecule has 0 fully saturated rings. The molecule has 0 saturated heterocycles. The Bertz CT molecular complexity index is 1280. The molecule has 0 aliphatic heterocycles. The Hall–Kier alpha value is -3.95. The van der Waals surface area contributed by atoms with E-state index in [1.807, 2.05) is 34.9 Å². The molecule has 10 heteroatoms. The van der Waals surface area contributed by atoms with Crippen LogP contribution in [-0.4, -0.2) is 28.7 Å². The van der Waals surface area contributed by atoms with Crippen molar-refractivity contribution in [2.24, 2.45) is 0 Å². The van der Waals surface area contributed by atoms with Gasteiger partial charge in [0.25, 0.3) is 5.91 Å². The van der Waals surface area contributed by atoms with Crippen LogP contribution in [0.1, 0.15) is 30.1 Å². The SMILES string of the molecule is CCCC(F)(F)F.COc1ccc2c(c1)ncn2-c1ccc(NC(=O)c2cc(F)cc(F)c2)cc1. The van der Waals surface area contributed by atoms with Crippen molar-refractivity contribution in [2.75, 3.05) is 12.4 Å². The van der Waals surface area contributed by atoms with Crippen molar-refractivity contribution in [2.45, 2.75) is 25.9 Å². The fourth-order valence-electron chi connectivity index (χ4n) is 3.20. The van der Waals surface area contributed by atoms with Gasteiger partial charge in [-0.2, -0.15) is 13.2 Å². The van der Waals surface area contributed by atoms with Gasteiger partial charge in [-0.25, -0.2) is 13.8 Å². The summed E-state index contributed by atoms with van der Waals surface area (Å²) in [4.78, 5) is 16.6. The van der Waals surface area contributed by atoms with Crippen LogP contribution < -0.4 is 10.1 Å². The van der Waals surface area contributed by atoms with E-state index in [1.165, 1.54) is 6.92 Å². The van der Waals surface area contributed by atoms with Crippen molar-refractivity contribution in [3.8, 4) is 11.4 Å². The van der Waals surface area contributed by atoms with E-state index in [1.54, 1.807) is 25.6 Å². The number of carbonyl (C=O) groups excluding carboxylic acids is 1. The third kappa shape index (κ3) is 7.02. The van der Waals surface area contributed by atoms with Gasteiger partial charge < -0.3 is 10.1 Å². The molecule has 0 spiro atoms. The quantitative estimate of drug-likeness (QED) is 0.309. The van der Waals surface area contributed by atoms with E-state index in [4.69, 9.17) is 4.74 Å². The van der Waals surface area contributed by atoms with E-state index in [2.05, 4.69) is 10.3 Å². The van der Waals surface area contributed by atoms with E-state index in [9.17, 15) is 26.7 Å². The zero-order valence-electron chi connectivity index (χ0n) is 18.9. The van der Waals surface area contributed by atoms with E-state index >= 15 is 0 Å². The third-order valence-corrected chi connectivity index (χ3v) is 4.82. The van der Waals surface area contributed by atoms with Gasteiger partial charge in [0.2, 0.25) is 0 Å². The number of hydrogen-bond acceptors (Lipinski definition) is 3. The van der Waals surface area contributed by atoms with Gasteiger partial charge in [0.15, 0.2) is 0 Å². The number of ether oxygens (including phenoxy) is 1. The first-order chi connectivity index (χ1) is 16.6. The molecule has 3 aromatic carbocycles. The second-order valence-electron chi connectivity index (χ2n) is 7.49. The summed E-state index contributed by atoms with van der Waals surface area (Å²) in [6.45, 7) is 1.51. The zero-order valence-corrected chi connectivity index (χ0v) is 18.9. The number of rotatable bonds is 5. The van der Waals surface area contributed by atoms with Gasteiger partial charge in [0.1, 0.15) is 23.7 Å². The molecule has 0 unspecified atom stereocenters. The lowest BCUT2D eigenvalue weighted by atomic mass is 10.2. The van der Waals surface area contributed by atoms with E-state index in [0.717, 1.165) is 40.7 Å². The normalized spacial score (nSPS) is 11.1. The van der Waals surface area contributed by atoms with E-state index < -0.39 is 30.1 Å². The Kier molecular flexibility index (Phi) is 8.06. The minimum absolute atomic E-state index is 0.0869. The van der Waals surface area contributed by atoms with Gasteiger partial charge in [-0.3, -0.25) is 9.36 Å². The molecular weight excluding hydrogens is 469 g/mol. The number of hydrogen-bond donors (Lipinski definition) is 1. The predicted molar refractivity (Wildman–Crippen MR) is 123 cm³/mol. The number of methoxy groups -OCH3 is 1. The maximum atomic E-state index is 13.3. The summed E-state index contributed by atoms with van der Waals surface area (Å²) in [6, 6.07) is 15.3. The van der Waals surface area contributed by atoms with Crippen LogP contribution in [0.4, 0.5) is 27.6 Å². The second-order valence-corrected chi connectivity index (χ2v) is 7.49. The molecule has 35 heavy (non-hydrogen) atoms. The highest BCUT2D eigenvalue weighted by atomic mass is 19.4. The highest BCUT2D eigenvalue weighted by molar-refractivity contribution is 6.04. The van der Waals surface area contributed by atoms with Gasteiger partial charge in [0, 0.05) is 35.5 Å². The number of fused-ring (bicyclic) bond motifs is 1. The lowest BCUT2D eigenvalue weighted by molar-refractivity contribution is -0.134. The Morgan fingerprint density at radius 2 is 1.66 bits per heavy atom. The summed E-state index contributed by atoms with van der Waals surface area (Å²) in [5.74, 6) is -1.47. The van der Waals surface area contributed by atoms with Gasteiger partial charge in [-0.15, -0.1) is 0 Å². The van der Waals surface area contributed by atoms with Crippen LogP contribution in [0.3, 0.4) is 0 Å². The summed E-state index contributed by atoms with van der Waals surface area (Å²) in [5.41, 5.74) is 2.97. The topological polar surface area (TPSA) is 56.1 Å². The van der Waals surface area contributed by atoms with Crippen molar-refractivity contribution >= 4 is 22.6 Å². The van der Waals surface area contributed by atoms with Gasteiger partial charge in [-0.05, 0) is 55.0 Å². The number of nitrogens with one attached hydrogen (secondary N) is 1. The molecule has 0 atom stereocenters. The van der Waals surface area contributed by atoms with Crippen LogP contribution in [0.25, 0.3) is 16.7 Å². The first kappa shape index (κ1) is 25.7. The highest BCUT2D eigenvalue weighted by Gasteiger charge is 2.24. The summed E-state index contributed by atoms with van der Waals surface area (Å²) in [7, 11) is 1.60. The van der Waals surface area contributed by atoms with Gasteiger partial charge >= 0.3 is 6.18 Å². The molecular formula is C25H22F5N3O2. The number of benzene rings is 3. The van der Waals surface area contributed by atoms with E-state index in [0.29, 0.717) is 5.69 Å². The third-order valence-electron chi connectivity index (χ3n) is 4.82. The standard InChI is InChI=1S/C21H15F2N3O2.C4H7F3/c1-28-18-6-7-20-19(11-18)24-12-26(20)17-4-2-16(3-5-17)25-21(27)13-8-14(22)10-15(23)9-13;1-2-3-4(5,6)7/h2-12H,1H3,(H,25,27);2-3H2,1H3. The second kappa shape index (κ2) is 11.0. The summed E-state index contributed by atoms with van der Waals surface area (Å²) in [5, 5.41) is 2.62. The number of aromatic nitrogens is 2. The summed E-state index contributed by atoms with van der Waals surface area (Å²) >= 11 is 0. The van der Waals surface area contributed by atoms with Crippen molar-refractivity contribution in [3.63, 3.8) is 0 Å². The molecule has 0 aliphatic carbocycles. The molecule has 1 N–H and O–H groups in total.